The fraction of sp³-hybridized carbons (Fsp3) is 0.333. The van der Waals surface area contributed by atoms with Crippen LogP contribution in [0.4, 0.5) is 5.88 Å². The van der Waals surface area contributed by atoms with Crippen LogP contribution >= 0.6 is 0 Å². The largest absolute Gasteiger partial charge is 0.480 e. The Labute approximate surface area is 63.0 Å². The monoisotopic (exact) mass is 156 g/mol. The highest BCUT2D eigenvalue weighted by Gasteiger charge is 2.10. The highest BCUT2D eigenvalue weighted by Crippen LogP contribution is 2.05. The Morgan fingerprint density at radius 1 is 1.91 bits per heavy atom. The lowest BCUT2D eigenvalue weighted by Crippen LogP contribution is -2.24. The van der Waals surface area contributed by atoms with E-state index in [0.29, 0.717) is 5.88 Å². The minimum absolute atomic E-state index is 0.361. The molecular formula is C6H8N2O3. The number of carbonyl (C=O) groups is 1. The van der Waals surface area contributed by atoms with Crippen molar-refractivity contribution in [2.24, 2.45) is 0 Å². The van der Waals surface area contributed by atoms with Gasteiger partial charge in [0.05, 0.1) is 6.20 Å². The molecule has 2 N–H and O–H groups in total. The minimum Gasteiger partial charge on any atom is -0.480 e. The Kier molecular flexibility index (Phi) is 2.10. The molecule has 0 aliphatic rings. The molecule has 0 spiro atoms. The van der Waals surface area contributed by atoms with Crippen LogP contribution in [0.1, 0.15) is 6.92 Å². The normalized spacial score (nSPS) is 12.5. The van der Waals surface area contributed by atoms with Crippen LogP contribution in [-0.2, 0) is 4.79 Å². The van der Waals surface area contributed by atoms with Gasteiger partial charge in [0, 0.05) is 0 Å². The summed E-state index contributed by atoms with van der Waals surface area (Å²) in [7, 11) is 0. The molecule has 1 heterocycles. The van der Waals surface area contributed by atoms with Crippen molar-refractivity contribution in [2.75, 3.05) is 5.32 Å². The summed E-state index contributed by atoms with van der Waals surface area (Å²) in [5, 5.41) is 11.0. The average Bonchev–Trinajstić information content (AvgIpc) is 2.39. The molecule has 5 nitrogen and oxygen atoms in total. The van der Waals surface area contributed by atoms with Gasteiger partial charge < -0.3 is 14.8 Å². The molecule has 0 aliphatic carbocycles. The van der Waals surface area contributed by atoms with Crippen molar-refractivity contribution in [2.45, 2.75) is 13.0 Å². The van der Waals surface area contributed by atoms with Gasteiger partial charge in [-0.05, 0) is 6.92 Å². The number of carboxylic acid groups (broad SMARTS) is 1. The number of nitrogens with zero attached hydrogens (tertiary/aromatic N) is 1. The lowest BCUT2D eigenvalue weighted by atomic mass is 10.3. The molecule has 1 unspecified atom stereocenters. The third kappa shape index (κ3) is 1.96. The Balaban J connectivity index is 2.50. The third-order valence-electron chi connectivity index (χ3n) is 1.16. The van der Waals surface area contributed by atoms with Crippen LogP contribution in [0.25, 0.3) is 0 Å². The number of aromatic nitrogens is 1. The van der Waals surface area contributed by atoms with Gasteiger partial charge in [0.25, 0.3) is 0 Å². The molecule has 1 atom stereocenters. The zero-order chi connectivity index (χ0) is 8.27. The maximum absolute atomic E-state index is 10.3. The smallest absolute Gasteiger partial charge is 0.325 e. The van der Waals surface area contributed by atoms with Crippen molar-refractivity contribution in [1.29, 1.82) is 0 Å². The second-order valence-corrected chi connectivity index (χ2v) is 2.07. The van der Waals surface area contributed by atoms with Crippen molar-refractivity contribution in [3.63, 3.8) is 0 Å². The maximum Gasteiger partial charge on any atom is 0.325 e. The SMILES string of the molecule is CC(Nc1cnco1)C(=O)O. The fourth-order valence-corrected chi connectivity index (χ4v) is 0.562. The lowest BCUT2D eigenvalue weighted by Gasteiger charge is -2.05. The Morgan fingerprint density at radius 3 is 3.09 bits per heavy atom. The van der Waals surface area contributed by atoms with E-state index in [4.69, 9.17) is 9.52 Å². The Hall–Kier alpha value is -1.52. The number of anilines is 1. The number of rotatable bonds is 3. The first-order chi connectivity index (χ1) is 5.20. The van der Waals surface area contributed by atoms with Crippen LogP contribution in [0, 0.1) is 0 Å². The first-order valence-corrected chi connectivity index (χ1v) is 3.08. The molecule has 0 saturated heterocycles. The van der Waals surface area contributed by atoms with Crippen LogP contribution in [0.2, 0.25) is 0 Å². The van der Waals surface area contributed by atoms with Crippen molar-refractivity contribution < 1.29 is 14.3 Å². The minimum atomic E-state index is -0.929. The van der Waals surface area contributed by atoms with Crippen LogP contribution in [0.5, 0.6) is 0 Å². The van der Waals surface area contributed by atoms with E-state index in [2.05, 4.69) is 10.3 Å². The van der Waals surface area contributed by atoms with Crippen LogP contribution in [0.3, 0.4) is 0 Å². The average molecular weight is 156 g/mol. The van der Waals surface area contributed by atoms with Gasteiger partial charge in [0.1, 0.15) is 6.04 Å². The molecule has 0 radical (unpaired) electrons. The highest BCUT2D eigenvalue weighted by molar-refractivity contribution is 5.75. The first-order valence-electron chi connectivity index (χ1n) is 3.08. The Morgan fingerprint density at radius 2 is 2.64 bits per heavy atom. The summed E-state index contributed by atoms with van der Waals surface area (Å²) in [6.45, 7) is 1.52. The third-order valence-corrected chi connectivity index (χ3v) is 1.16. The van der Waals surface area contributed by atoms with Crippen molar-refractivity contribution in [3.05, 3.63) is 12.6 Å². The van der Waals surface area contributed by atoms with Crippen molar-refractivity contribution >= 4 is 11.9 Å². The molecule has 0 aliphatic heterocycles. The van der Waals surface area contributed by atoms with Gasteiger partial charge in [-0.3, -0.25) is 4.79 Å². The fourth-order valence-electron chi connectivity index (χ4n) is 0.562. The number of hydrogen-bond donors (Lipinski definition) is 2. The van der Waals surface area contributed by atoms with Gasteiger partial charge in [-0.2, -0.15) is 0 Å². The topological polar surface area (TPSA) is 75.4 Å². The molecule has 1 rings (SSSR count). The van der Waals surface area contributed by atoms with E-state index in [9.17, 15) is 4.79 Å². The van der Waals surface area contributed by atoms with Crippen LogP contribution in [-0.4, -0.2) is 22.1 Å². The number of oxazole rings is 1. The summed E-state index contributed by atoms with van der Waals surface area (Å²) >= 11 is 0. The lowest BCUT2D eigenvalue weighted by molar-refractivity contribution is -0.137. The molecule has 1 aromatic heterocycles. The van der Waals surface area contributed by atoms with Gasteiger partial charge in [0.15, 0.2) is 6.39 Å². The molecular weight excluding hydrogens is 148 g/mol. The standard InChI is InChI=1S/C6H8N2O3/c1-4(6(9)10)8-5-2-7-3-11-5/h2-4,8H,1H3,(H,9,10). The predicted molar refractivity (Wildman–Crippen MR) is 37.2 cm³/mol. The molecule has 0 amide bonds. The molecule has 0 saturated carbocycles. The zero-order valence-electron chi connectivity index (χ0n) is 5.94. The Bertz CT molecular complexity index is 232. The quantitative estimate of drug-likeness (QED) is 0.668. The maximum atomic E-state index is 10.3. The zero-order valence-corrected chi connectivity index (χ0v) is 5.94. The molecule has 1 aromatic rings. The van der Waals surface area contributed by atoms with E-state index in [1.54, 1.807) is 0 Å². The van der Waals surface area contributed by atoms with E-state index in [-0.39, 0.29) is 0 Å². The van der Waals surface area contributed by atoms with E-state index >= 15 is 0 Å². The molecule has 5 heteroatoms. The van der Waals surface area contributed by atoms with Gasteiger partial charge in [0.2, 0.25) is 5.88 Å². The second-order valence-electron chi connectivity index (χ2n) is 2.07. The van der Waals surface area contributed by atoms with E-state index in [1.807, 2.05) is 0 Å². The summed E-state index contributed by atoms with van der Waals surface area (Å²) in [5.74, 6) is -0.568. The van der Waals surface area contributed by atoms with Crippen molar-refractivity contribution in [3.8, 4) is 0 Å². The van der Waals surface area contributed by atoms with Gasteiger partial charge in [-0.15, -0.1) is 0 Å². The number of hydrogen-bond acceptors (Lipinski definition) is 4. The summed E-state index contributed by atoms with van der Waals surface area (Å²) in [6.07, 6.45) is 2.65. The van der Waals surface area contributed by atoms with Crippen LogP contribution < -0.4 is 5.32 Å². The number of nitrogens with one attached hydrogen (secondary N) is 1. The summed E-state index contributed by atoms with van der Waals surface area (Å²) in [4.78, 5) is 13.9. The molecule has 0 bridgehead atoms. The molecule has 0 fully saturated rings. The molecule has 0 aromatic carbocycles. The number of aliphatic carboxylic acids is 1. The summed E-state index contributed by atoms with van der Waals surface area (Å²) in [6, 6.07) is -0.664. The van der Waals surface area contributed by atoms with E-state index < -0.39 is 12.0 Å². The summed E-state index contributed by atoms with van der Waals surface area (Å²) in [5.41, 5.74) is 0. The van der Waals surface area contributed by atoms with Gasteiger partial charge in [-0.25, -0.2) is 4.98 Å². The molecule has 11 heavy (non-hydrogen) atoms. The predicted octanol–water partition coefficient (Wildman–Crippen LogP) is 0.560. The molecule has 60 valence electrons. The van der Waals surface area contributed by atoms with Gasteiger partial charge >= 0.3 is 5.97 Å². The van der Waals surface area contributed by atoms with E-state index in [1.165, 1.54) is 19.5 Å². The highest BCUT2D eigenvalue weighted by atomic mass is 16.4. The first kappa shape index (κ1) is 7.59. The van der Waals surface area contributed by atoms with E-state index in [0.717, 1.165) is 0 Å². The van der Waals surface area contributed by atoms with Crippen molar-refractivity contribution in [1.82, 2.24) is 4.98 Å². The second kappa shape index (κ2) is 3.05. The van der Waals surface area contributed by atoms with Gasteiger partial charge in [-0.1, -0.05) is 0 Å². The number of carboxylic acids is 1. The van der Waals surface area contributed by atoms with Crippen LogP contribution in [0.15, 0.2) is 17.0 Å². The summed E-state index contributed by atoms with van der Waals surface area (Å²) < 4.78 is 4.77.